The third kappa shape index (κ3) is 3.90. The van der Waals surface area contributed by atoms with E-state index in [1.165, 1.54) is 19.1 Å². The number of nitrogens with one attached hydrogen (secondary N) is 1. The van der Waals surface area contributed by atoms with Gasteiger partial charge in [0, 0.05) is 18.2 Å². The second-order valence-electron chi connectivity index (χ2n) is 5.84. The van der Waals surface area contributed by atoms with Gasteiger partial charge in [0.15, 0.2) is 5.78 Å². The molecule has 1 aliphatic rings. The maximum atomic E-state index is 12.5. The van der Waals surface area contributed by atoms with Gasteiger partial charge in [0.25, 0.3) is 0 Å². The number of piperidine rings is 1. The fourth-order valence-electron chi connectivity index (χ4n) is 2.68. The molecule has 21 heavy (non-hydrogen) atoms. The Balaban J connectivity index is 2.18. The Kier molecular flexibility index (Phi) is 4.81. The van der Waals surface area contributed by atoms with Crippen molar-refractivity contribution in [3.8, 4) is 0 Å². The largest absolute Gasteiger partial charge is 0.306 e. The van der Waals surface area contributed by atoms with Gasteiger partial charge in [-0.2, -0.15) is 0 Å². The van der Waals surface area contributed by atoms with E-state index in [4.69, 9.17) is 0 Å². The summed E-state index contributed by atoms with van der Waals surface area (Å²) in [6.45, 7) is 5.23. The van der Waals surface area contributed by atoms with E-state index >= 15 is 0 Å². The normalized spacial score (nSPS) is 24.0. The van der Waals surface area contributed by atoms with Crippen molar-refractivity contribution in [3.05, 3.63) is 29.8 Å². The number of hydrogen-bond acceptors (Lipinski definition) is 4. The number of sulfonamides is 1. The summed E-state index contributed by atoms with van der Waals surface area (Å²) in [6.07, 6.45) is 0.795. The summed E-state index contributed by atoms with van der Waals surface area (Å²) >= 11 is 0. The van der Waals surface area contributed by atoms with Crippen LogP contribution in [0.4, 0.5) is 0 Å². The first-order valence-corrected chi connectivity index (χ1v) is 8.60. The summed E-state index contributed by atoms with van der Waals surface area (Å²) in [6, 6.07) is 6.12. The van der Waals surface area contributed by atoms with Crippen LogP contribution in [0.25, 0.3) is 0 Å². The van der Waals surface area contributed by atoms with Gasteiger partial charge in [-0.1, -0.05) is 19.1 Å². The lowest BCUT2D eigenvalue weighted by molar-refractivity contribution is 0.101. The van der Waals surface area contributed by atoms with Crippen LogP contribution in [0.2, 0.25) is 0 Å². The third-order valence-electron chi connectivity index (χ3n) is 3.97. The van der Waals surface area contributed by atoms with Gasteiger partial charge >= 0.3 is 0 Å². The molecule has 2 atom stereocenters. The molecule has 1 aromatic carbocycles. The van der Waals surface area contributed by atoms with Crippen LogP contribution in [0, 0.1) is 5.92 Å². The predicted molar refractivity (Wildman–Crippen MR) is 81.8 cm³/mol. The molecule has 1 heterocycles. The van der Waals surface area contributed by atoms with Gasteiger partial charge in [-0.15, -0.1) is 0 Å². The van der Waals surface area contributed by atoms with E-state index in [1.54, 1.807) is 12.1 Å². The van der Waals surface area contributed by atoms with Crippen LogP contribution >= 0.6 is 0 Å². The number of ketones is 1. The lowest BCUT2D eigenvalue weighted by Gasteiger charge is -2.34. The first-order chi connectivity index (χ1) is 9.79. The number of Topliss-reactive ketones (excluding diaryl/α,β-unsaturated/α-hetero) is 1. The van der Waals surface area contributed by atoms with Crippen molar-refractivity contribution in [1.29, 1.82) is 0 Å². The number of benzene rings is 1. The van der Waals surface area contributed by atoms with E-state index in [1.807, 2.05) is 7.05 Å². The molecule has 5 nitrogen and oxygen atoms in total. The lowest BCUT2D eigenvalue weighted by atomic mass is 9.95. The maximum absolute atomic E-state index is 12.5. The van der Waals surface area contributed by atoms with E-state index in [2.05, 4.69) is 16.5 Å². The predicted octanol–water partition coefficient (Wildman–Crippen LogP) is 1.51. The number of nitrogens with zero attached hydrogens (tertiary/aromatic N) is 1. The van der Waals surface area contributed by atoms with Crippen LogP contribution in [0.5, 0.6) is 0 Å². The molecule has 2 unspecified atom stereocenters. The molecule has 0 aromatic heterocycles. The van der Waals surface area contributed by atoms with Crippen molar-refractivity contribution < 1.29 is 13.2 Å². The van der Waals surface area contributed by atoms with Crippen LogP contribution in [0.1, 0.15) is 30.6 Å². The maximum Gasteiger partial charge on any atom is 0.240 e. The number of carbonyl (C=O) groups is 1. The highest BCUT2D eigenvalue weighted by atomic mass is 32.2. The van der Waals surface area contributed by atoms with Crippen LogP contribution in [0.15, 0.2) is 29.2 Å². The third-order valence-corrected chi connectivity index (χ3v) is 5.45. The van der Waals surface area contributed by atoms with Crippen LogP contribution < -0.4 is 4.72 Å². The van der Waals surface area contributed by atoms with Crippen molar-refractivity contribution in [2.45, 2.75) is 31.2 Å². The second kappa shape index (κ2) is 6.25. The fraction of sp³-hybridized carbons (Fsp3) is 0.533. The van der Waals surface area contributed by atoms with Gasteiger partial charge < -0.3 is 4.90 Å². The van der Waals surface area contributed by atoms with Crippen LogP contribution in [-0.2, 0) is 10.0 Å². The molecule has 6 heteroatoms. The summed E-state index contributed by atoms with van der Waals surface area (Å²) in [7, 11) is -1.55. The minimum absolute atomic E-state index is 0.0628. The molecule has 116 valence electrons. The van der Waals surface area contributed by atoms with Gasteiger partial charge in [-0.05, 0) is 45.0 Å². The number of carbonyl (C=O) groups excluding carboxylic acids is 1. The van der Waals surface area contributed by atoms with E-state index in [9.17, 15) is 13.2 Å². The minimum atomic E-state index is -3.59. The summed E-state index contributed by atoms with van der Waals surface area (Å²) in [5.41, 5.74) is 0.411. The molecular weight excluding hydrogens is 288 g/mol. The smallest absolute Gasteiger partial charge is 0.240 e. The molecule has 0 amide bonds. The monoisotopic (exact) mass is 310 g/mol. The highest BCUT2D eigenvalue weighted by molar-refractivity contribution is 7.89. The van der Waals surface area contributed by atoms with Gasteiger partial charge in [0.2, 0.25) is 10.0 Å². The van der Waals surface area contributed by atoms with Crippen molar-refractivity contribution in [1.82, 2.24) is 9.62 Å². The molecule has 1 aliphatic heterocycles. The fourth-order valence-corrected chi connectivity index (χ4v) is 4.10. The van der Waals surface area contributed by atoms with Crippen LogP contribution in [-0.4, -0.2) is 45.3 Å². The molecule has 1 N–H and O–H groups in total. The molecule has 0 spiro atoms. The topological polar surface area (TPSA) is 66.5 Å². The summed E-state index contributed by atoms with van der Waals surface area (Å²) in [5.74, 6) is 0.120. The zero-order valence-electron chi connectivity index (χ0n) is 12.7. The summed E-state index contributed by atoms with van der Waals surface area (Å²) < 4.78 is 27.7. The minimum Gasteiger partial charge on any atom is -0.306 e. The standard InChI is InChI=1S/C15H22N2O3S/c1-11-10-17(3)8-7-15(11)16-21(19,20)14-6-4-5-13(9-14)12(2)18/h4-6,9,11,15-16H,7-8,10H2,1-3H3. The zero-order valence-corrected chi connectivity index (χ0v) is 13.5. The molecule has 2 rings (SSSR count). The van der Waals surface area contributed by atoms with E-state index in [0.29, 0.717) is 5.56 Å². The number of likely N-dealkylation sites (tertiary alicyclic amines) is 1. The summed E-state index contributed by atoms with van der Waals surface area (Å²) in [4.78, 5) is 13.7. The van der Waals surface area contributed by atoms with Crippen LogP contribution in [0.3, 0.4) is 0 Å². The average Bonchev–Trinajstić information content (AvgIpc) is 2.42. The Morgan fingerprint density at radius 2 is 2.10 bits per heavy atom. The first kappa shape index (κ1) is 16.1. The van der Waals surface area contributed by atoms with Crippen molar-refractivity contribution in [2.75, 3.05) is 20.1 Å². The van der Waals surface area contributed by atoms with E-state index in [0.717, 1.165) is 19.5 Å². The van der Waals surface area contributed by atoms with Crippen molar-refractivity contribution >= 4 is 15.8 Å². The Bertz CT molecular complexity index is 628. The summed E-state index contributed by atoms with van der Waals surface area (Å²) in [5, 5.41) is 0. The first-order valence-electron chi connectivity index (χ1n) is 7.11. The van der Waals surface area contributed by atoms with E-state index < -0.39 is 10.0 Å². The van der Waals surface area contributed by atoms with Gasteiger partial charge in [0.05, 0.1) is 4.90 Å². The Morgan fingerprint density at radius 3 is 2.71 bits per heavy atom. The molecule has 1 saturated heterocycles. The SMILES string of the molecule is CC(=O)c1cccc(S(=O)(=O)NC2CCN(C)CC2C)c1. The Morgan fingerprint density at radius 1 is 1.38 bits per heavy atom. The van der Waals surface area contributed by atoms with Crippen molar-refractivity contribution in [2.24, 2.45) is 5.92 Å². The van der Waals surface area contributed by atoms with Crippen molar-refractivity contribution in [3.63, 3.8) is 0 Å². The number of hydrogen-bond donors (Lipinski definition) is 1. The highest BCUT2D eigenvalue weighted by Crippen LogP contribution is 2.19. The number of rotatable bonds is 4. The molecule has 1 fully saturated rings. The molecule has 1 aromatic rings. The van der Waals surface area contributed by atoms with E-state index in [-0.39, 0.29) is 22.6 Å². The molecule has 0 radical (unpaired) electrons. The van der Waals surface area contributed by atoms with Gasteiger partial charge in [-0.3, -0.25) is 4.79 Å². The lowest BCUT2D eigenvalue weighted by Crippen LogP contribution is -2.48. The second-order valence-corrected chi connectivity index (χ2v) is 7.55. The quantitative estimate of drug-likeness (QED) is 0.856. The zero-order chi connectivity index (χ0) is 15.6. The average molecular weight is 310 g/mol. The molecule has 0 saturated carbocycles. The Hall–Kier alpha value is -1.24. The molecule has 0 aliphatic carbocycles. The van der Waals surface area contributed by atoms with Gasteiger partial charge in [-0.25, -0.2) is 13.1 Å². The van der Waals surface area contributed by atoms with Gasteiger partial charge in [0.1, 0.15) is 0 Å². The Labute approximate surface area is 126 Å². The molecular formula is C15H22N2O3S. The highest BCUT2D eigenvalue weighted by Gasteiger charge is 2.28. The molecule has 0 bridgehead atoms.